The minimum absolute atomic E-state index is 0.0888. The highest BCUT2D eigenvalue weighted by Crippen LogP contribution is 2.28. The molecule has 3 rings (SSSR count). The first-order valence-corrected chi connectivity index (χ1v) is 8.84. The number of benzene rings is 1. The molecule has 1 amide bonds. The van der Waals surface area contributed by atoms with Gasteiger partial charge in [0.2, 0.25) is 5.91 Å². The van der Waals surface area contributed by atoms with Crippen LogP contribution in [0.1, 0.15) is 12.5 Å². The van der Waals surface area contributed by atoms with Crippen LogP contribution < -0.4 is 11.1 Å². The number of nitrogens with zero attached hydrogens (tertiary/aromatic N) is 2. The number of hydrogen-bond donors (Lipinski definition) is 2. The standard InChI is InChI=1S/C16H16N4OS2/c1-9-4-3-5-11(8-9)18-14(21)10(2)23-16-19-13(17)12-6-7-22-15(12)20-16/h3-8,10H,1-2H3,(H,18,21)(H2,17,19,20)/t10-/m1/s1. The summed E-state index contributed by atoms with van der Waals surface area (Å²) in [6.07, 6.45) is 0. The molecule has 0 fully saturated rings. The van der Waals surface area contributed by atoms with Crippen LogP contribution in [0.3, 0.4) is 0 Å². The van der Waals surface area contributed by atoms with E-state index >= 15 is 0 Å². The van der Waals surface area contributed by atoms with Gasteiger partial charge >= 0.3 is 0 Å². The first-order valence-electron chi connectivity index (χ1n) is 7.08. The van der Waals surface area contributed by atoms with Crippen LogP contribution in [0.5, 0.6) is 0 Å². The van der Waals surface area contributed by atoms with E-state index in [0.29, 0.717) is 11.0 Å². The van der Waals surface area contributed by atoms with E-state index in [9.17, 15) is 4.79 Å². The minimum atomic E-state index is -0.327. The summed E-state index contributed by atoms with van der Waals surface area (Å²) in [6, 6.07) is 9.60. The van der Waals surface area contributed by atoms with Gasteiger partial charge in [-0.25, -0.2) is 9.97 Å². The Morgan fingerprint density at radius 2 is 2.17 bits per heavy atom. The quantitative estimate of drug-likeness (QED) is 0.557. The molecule has 23 heavy (non-hydrogen) atoms. The fraction of sp³-hybridized carbons (Fsp3) is 0.188. The third kappa shape index (κ3) is 3.62. The summed E-state index contributed by atoms with van der Waals surface area (Å²) in [5.74, 6) is 0.360. The molecule has 118 valence electrons. The van der Waals surface area contributed by atoms with Crippen LogP contribution in [0.4, 0.5) is 11.5 Å². The van der Waals surface area contributed by atoms with E-state index in [1.807, 2.05) is 49.6 Å². The van der Waals surface area contributed by atoms with Gasteiger partial charge in [0.05, 0.1) is 10.6 Å². The molecule has 0 aliphatic carbocycles. The first-order chi connectivity index (χ1) is 11.0. The number of nitrogen functional groups attached to an aromatic ring is 1. The van der Waals surface area contributed by atoms with Gasteiger partial charge in [-0.15, -0.1) is 11.3 Å². The number of hydrogen-bond acceptors (Lipinski definition) is 6. The third-order valence-corrected chi connectivity index (χ3v) is 5.04. The molecule has 3 aromatic rings. The number of nitrogens with two attached hydrogens (primary N) is 1. The minimum Gasteiger partial charge on any atom is -0.383 e. The van der Waals surface area contributed by atoms with Crippen LogP contribution in [-0.2, 0) is 4.79 Å². The molecule has 2 aromatic heterocycles. The number of carbonyl (C=O) groups is 1. The van der Waals surface area contributed by atoms with Crippen molar-refractivity contribution in [3.63, 3.8) is 0 Å². The van der Waals surface area contributed by atoms with E-state index < -0.39 is 0 Å². The number of nitrogens with one attached hydrogen (secondary N) is 1. The second-order valence-corrected chi connectivity index (χ2v) is 7.35. The lowest BCUT2D eigenvalue weighted by molar-refractivity contribution is -0.115. The zero-order valence-corrected chi connectivity index (χ0v) is 14.4. The molecule has 5 nitrogen and oxygen atoms in total. The Balaban J connectivity index is 1.72. The number of carbonyl (C=O) groups excluding carboxylic acids is 1. The van der Waals surface area contributed by atoms with Gasteiger partial charge in [0.15, 0.2) is 5.16 Å². The highest BCUT2D eigenvalue weighted by molar-refractivity contribution is 8.00. The lowest BCUT2D eigenvalue weighted by atomic mass is 10.2. The smallest absolute Gasteiger partial charge is 0.237 e. The Labute approximate surface area is 142 Å². The van der Waals surface area contributed by atoms with Crippen LogP contribution in [0.2, 0.25) is 0 Å². The molecule has 0 aliphatic rings. The van der Waals surface area contributed by atoms with Crippen LogP contribution in [-0.4, -0.2) is 21.1 Å². The summed E-state index contributed by atoms with van der Waals surface area (Å²) in [4.78, 5) is 21.9. The largest absolute Gasteiger partial charge is 0.383 e. The van der Waals surface area contributed by atoms with Crippen molar-refractivity contribution in [2.75, 3.05) is 11.1 Å². The molecule has 1 atom stereocenters. The van der Waals surface area contributed by atoms with Crippen LogP contribution >= 0.6 is 23.1 Å². The Morgan fingerprint density at radius 3 is 2.96 bits per heavy atom. The predicted molar refractivity (Wildman–Crippen MR) is 97.0 cm³/mol. The molecule has 0 spiro atoms. The maximum Gasteiger partial charge on any atom is 0.237 e. The number of anilines is 2. The summed E-state index contributed by atoms with van der Waals surface area (Å²) in [5, 5.41) is 5.88. The molecule has 7 heteroatoms. The monoisotopic (exact) mass is 344 g/mol. The van der Waals surface area contributed by atoms with Gasteiger partial charge in [0.1, 0.15) is 10.6 Å². The molecule has 0 aliphatic heterocycles. The third-order valence-electron chi connectivity index (χ3n) is 3.27. The number of thiophene rings is 1. The van der Waals surface area contributed by atoms with Crippen LogP contribution in [0.15, 0.2) is 40.9 Å². The summed E-state index contributed by atoms with van der Waals surface area (Å²) >= 11 is 2.81. The van der Waals surface area contributed by atoms with E-state index in [1.54, 1.807) is 0 Å². The molecular weight excluding hydrogens is 328 g/mol. The number of thioether (sulfide) groups is 1. The molecule has 3 N–H and O–H groups in total. The fourth-order valence-corrected chi connectivity index (χ4v) is 3.70. The zero-order chi connectivity index (χ0) is 16.4. The van der Waals surface area contributed by atoms with E-state index in [1.165, 1.54) is 23.1 Å². The zero-order valence-electron chi connectivity index (χ0n) is 12.7. The van der Waals surface area contributed by atoms with E-state index in [2.05, 4.69) is 15.3 Å². The SMILES string of the molecule is Cc1cccc(NC(=O)[C@@H](C)Sc2nc(N)c3ccsc3n2)c1. The Bertz CT molecular complexity index is 862. The van der Waals surface area contributed by atoms with Crippen molar-refractivity contribution < 1.29 is 4.79 Å². The van der Waals surface area contributed by atoms with E-state index in [0.717, 1.165) is 21.5 Å². The van der Waals surface area contributed by atoms with E-state index in [-0.39, 0.29) is 11.2 Å². The Morgan fingerprint density at radius 1 is 1.35 bits per heavy atom. The van der Waals surface area contributed by atoms with Gasteiger partial charge < -0.3 is 11.1 Å². The average molecular weight is 344 g/mol. The normalized spacial score (nSPS) is 12.3. The van der Waals surface area contributed by atoms with Crippen molar-refractivity contribution in [1.82, 2.24) is 9.97 Å². The number of aryl methyl sites for hydroxylation is 1. The second-order valence-electron chi connectivity index (χ2n) is 5.15. The molecule has 2 heterocycles. The molecule has 1 aromatic carbocycles. The molecule has 0 bridgehead atoms. The van der Waals surface area contributed by atoms with Gasteiger partial charge in [-0.1, -0.05) is 23.9 Å². The highest BCUT2D eigenvalue weighted by atomic mass is 32.2. The van der Waals surface area contributed by atoms with Gasteiger partial charge in [-0.3, -0.25) is 4.79 Å². The van der Waals surface area contributed by atoms with Gasteiger partial charge in [-0.2, -0.15) is 0 Å². The van der Waals surface area contributed by atoms with Gasteiger partial charge in [0, 0.05) is 5.69 Å². The summed E-state index contributed by atoms with van der Waals surface area (Å²) < 4.78 is 0. The highest BCUT2D eigenvalue weighted by Gasteiger charge is 2.17. The summed E-state index contributed by atoms with van der Waals surface area (Å²) in [6.45, 7) is 3.81. The maximum absolute atomic E-state index is 12.3. The first kappa shape index (κ1) is 15.8. The summed E-state index contributed by atoms with van der Waals surface area (Å²) in [7, 11) is 0. The molecule has 0 radical (unpaired) electrons. The predicted octanol–water partition coefficient (Wildman–Crippen LogP) is 3.70. The second kappa shape index (κ2) is 6.55. The lowest BCUT2D eigenvalue weighted by Gasteiger charge is -2.11. The van der Waals surface area contributed by atoms with Crippen LogP contribution in [0.25, 0.3) is 10.2 Å². The molecule has 0 saturated carbocycles. The number of aromatic nitrogens is 2. The number of rotatable bonds is 4. The van der Waals surface area contributed by atoms with Crippen molar-refractivity contribution in [3.8, 4) is 0 Å². The molecule has 0 saturated heterocycles. The van der Waals surface area contributed by atoms with Crippen molar-refractivity contribution in [2.24, 2.45) is 0 Å². The van der Waals surface area contributed by atoms with Crippen molar-refractivity contribution in [1.29, 1.82) is 0 Å². The number of amides is 1. The molecular formula is C16H16N4OS2. The lowest BCUT2D eigenvalue weighted by Crippen LogP contribution is -2.22. The van der Waals surface area contributed by atoms with Crippen molar-refractivity contribution in [3.05, 3.63) is 41.3 Å². The Kier molecular flexibility index (Phi) is 4.49. The fourth-order valence-electron chi connectivity index (χ4n) is 2.09. The van der Waals surface area contributed by atoms with Crippen molar-refractivity contribution in [2.45, 2.75) is 24.3 Å². The topological polar surface area (TPSA) is 80.9 Å². The van der Waals surface area contributed by atoms with Gasteiger partial charge in [-0.05, 0) is 43.0 Å². The van der Waals surface area contributed by atoms with Crippen molar-refractivity contribution >= 4 is 50.7 Å². The summed E-state index contributed by atoms with van der Waals surface area (Å²) in [5.41, 5.74) is 7.82. The number of fused-ring (bicyclic) bond motifs is 1. The van der Waals surface area contributed by atoms with Crippen LogP contribution in [0, 0.1) is 6.92 Å². The average Bonchev–Trinajstić information content (AvgIpc) is 2.96. The maximum atomic E-state index is 12.3. The van der Waals surface area contributed by atoms with E-state index in [4.69, 9.17) is 5.73 Å². The molecule has 0 unspecified atom stereocenters. The van der Waals surface area contributed by atoms with Gasteiger partial charge in [0.25, 0.3) is 0 Å². The Hall–Kier alpha value is -2.12.